The molecule has 2 atom stereocenters. The van der Waals surface area contributed by atoms with E-state index in [9.17, 15) is 4.79 Å². The van der Waals surface area contributed by atoms with Crippen molar-refractivity contribution in [2.75, 3.05) is 5.32 Å². The van der Waals surface area contributed by atoms with E-state index in [1.54, 1.807) is 0 Å². The molecule has 1 heterocycles. The number of anilines is 1. The number of carbonyl (C=O) groups excluding carboxylic acids is 1. The largest absolute Gasteiger partial charge is 0.309 e. The molecular weight excluding hydrogens is 346 g/mol. The molecule has 1 aliphatic rings. The van der Waals surface area contributed by atoms with E-state index in [0.29, 0.717) is 18.3 Å². The van der Waals surface area contributed by atoms with Gasteiger partial charge in [0.25, 0.3) is 0 Å². The number of hydrogen-bond donors (Lipinski definition) is 1. The monoisotopic (exact) mass is 367 g/mol. The zero-order chi connectivity index (χ0) is 18.9. The highest BCUT2D eigenvalue weighted by molar-refractivity contribution is 5.94. The maximum Gasteiger partial charge on any atom is 0.229 e. The topological polar surface area (TPSA) is 46.9 Å². The Balaban J connectivity index is 1.26. The van der Waals surface area contributed by atoms with Gasteiger partial charge in [0.15, 0.2) is 5.82 Å². The van der Waals surface area contributed by atoms with E-state index in [0.717, 1.165) is 6.42 Å². The normalized spacial score (nSPS) is 18.1. The van der Waals surface area contributed by atoms with Gasteiger partial charge in [-0.25, -0.2) is 0 Å². The molecule has 1 saturated carbocycles. The fraction of sp³-hybridized carbons (Fsp3) is 0.167. The smallest absolute Gasteiger partial charge is 0.229 e. The molecule has 1 aromatic heterocycles. The van der Waals surface area contributed by atoms with E-state index < -0.39 is 0 Å². The van der Waals surface area contributed by atoms with E-state index in [2.05, 4.69) is 58.9 Å². The van der Waals surface area contributed by atoms with Crippen molar-refractivity contribution < 1.29 is 4.79 Å². The molecule has 28 heavy (non-hydrogen) atoms. The van der Waals surface area contributed by atoms with E-state index in [1.807, 2.05) is 41.2 Å². The number of carbonyl (C=O) groups is 1. The standard InChI is InChI=1S/C24H21N3O/c28-24(22-15-21(22)18-7-2-1-3-8-18)25-23-13-14-27(26-23)16-19-11-6-10-17-9-4-5-12-20(17)19/h1-14,21-22H,15-16H2,(H,25,26,28). The zero-order valence-electron chi connectivity index (χ0n) is 15.5. The molecule has 5 rings (SSSR count). The summed E-state index contributed by atoms with van der Waals surface area (Å²) < 4.78 is 1.87. The van der Waals surface area contributed by atoms with Crippen LogP contribution < -0.4 is 5.32 Å². The lowest BCUT2D eigenvalue weighted by atomic mass is 10.0. The number of aromatic nitrogens is 2. The predicted molar refractivity (Wildman–Crippen MR) is 111 cm³/mol. The maximum atomic E-state index is 12.5. The Labute approximate surface area is 163 Å². The molecule has 0 aliphatic heterocycles. The number of fused-ring (bicyclic) bond motifs is 1. The second kappa shape index (κ2) is 6.97. The van der Waals surface area contributed by atoms with E-state index in [1.165, 1.54) is 21.9 Å². The summed E-state index contributed by atoms with van der Waals surface area (Å²) in [5, 5.41) is 9.98. The van der Waals surface area contributed by atoms with Crippen molar-refractivity contribution in [2.45, 2.75) is 18.9 Å². The molecule has 0 bridgehead atoms. The van der Waals surface area contributed by atoms with Gasteiger partial charge in [-0.15, -0.1) is 0 Å². The number of nitrogens with zero attached hydrogens (tertiary/aromatic N) is 2. The van der Waals surface area contributed by atoms with E-state index in [4.69, 9.17) is 0 Å². The van der Waals surface area contributed by atoms with Crippen LogP contribution in [0.3, 0.4) is 0 Å². The van der Waals surface area contributed by atoms with Crippen molar-refractivity contribution in [1.29, 1.82) is 0 Å². The summed E-state index contributed by atoms with van der Waals surface area (Å²) in [6.45, 7) is 0.674. The molecule has 4 nitrogen and oxygen atoms in total. The van der Waals surface area contributed by atoms with Crippen molar-refractivity contribution in [3.05, 3.63) is 96.2 Å². The Morgan fingerprint density at radius 3 is 2.64 bits per heavy atom. The average Bonchev–Trinajstić information content (AvgIpc) is 3.43. The first kappa shape index (κ1) is 16.8. The van der Waals surface area contributed by atoms with Crippen molar-refractivity contribution in [3.63, 3.8) is 0 Å². The third kappa shape index (κ3) is 3.29. The molecule has 1 amide bonds. The lowest BCUT2D eigenvalue weighted by Gasteiger charge is -2.07. The van der Waals surface area contributed by atoms with Crippen LogP contribution in [0.25, 0.3) is 10.8 Å². The van der Waals surface area contributed by atoms with Crippen LogP contribution in [-0.4, -0.2) is 15.7 Å². The van der Waals surface area contributed by atoms with Crippen LogP contribution >= 0.6 is 0 Å². The minimum absolute atomic E-state index is 0.0469. The van der Waals surface area contributed by atoms with Crippen molar-refractivity contribution >= 4 is 22.5 Å². The zero-order valence-corrected chi connectivity index (χ0v) is 15.5. The van der Waals surface area contributed by atoms with Gasteiger partial charge in [0, 0.05) is 18.2 Å². The molecule has 0 saturated heterocycles. The summed E-state index contributed by atoms with van der Waals surface area (Å²) in [7, 11) is 0. The van der Waals surface area contributed by atoms with Crippen LogP contribution in [0.15, 0.2) is 85.1 Å². The number of amides is 1. The van der Waals surface area contributed by atoms with Gasteiger partial charge in [-0.1, -0.05) is 72.8 Å². The average molecular weight is 367 g/mol. The fourth-order valence-corrected chi connectivity index (χ4v) is 3.89. The maximum absolute atomic E-state index is 12.5. The summed E-state index contributed by atoms with van der Waals surface area (Å²) in [4.78, 5) is 12.5. The van der Waals surface area contributed by atoms with Gasteiger partial charge >= 0.3 is 0 Å². The first-order valence-electron chi connectivity index (χ1n) is 9.64. The van der Waals surface area contributed by atoms with Gasteiger partial charge in [0.05, 0.1) is 6.54 Å². The first-order chi connectivity index (χ1) is 13.8. The molecular formula is C24H21N3O. The third-order valence-electron chi connectivity index (χ3n) is 5.46. The molecule has 0 radical (unpaired) electrons. The Morgan fingerprint density at radius 2 is 1.75 bits per heavy atom. The lowest BCUT2D eigenvalue weighted by molar-refractivity contribution is -0.117. The fourth-order valence-electron chi connectivity index (χ4n) is 3.89. The highest BCUT2D eigenvalue weighted by atomic mass is 16.2. The highest BCUT2D eigenvalue weighted by Crippen LogP contribution is 2.47. The van der Waals surface area contributed by atoms with E-state index >= 15 is 0 Å². The summed E-state index contributed by atoms with van der Waals surface area (Å²) in [5.41, 5.74) is 2.45. The van der Waals surface area contributed by atoms with Gasteiger partial charge in [0.1, 0.15) is 0 Å². The number of hydrogen-bond acceptors (Lipinski definition) is 2. The molecule has 1 N–H and O–H groups in total. The number of benzene rings is 3. The summed E-state index contributed by atoms with van der Waals surface area (Å²) in [5.74, 6) is 1.05. The Bertz CT molecular complexity index is 1130. The van der Waals surface area contributed by atoms with Crippen LogP contribution in [0.2, 0.25) is 0 Å². The molecule has 0 spiro atoms. The third-order valence-corrected chi connectivity index (χ3v) is 5.46. The molecule has 1 aliphatic carbocycles. The number of rotatable bonds is 5. The Kier molecular flexibility index (Phi) is 4.17. The van der Waals surface area contributed by atoms with Crippen LogP contribution in [0.1, 0.15) is 23.5 Å². The van der Waals surface area contributed by atoms with Gasteiger partial charge in [-0.2, -0.15) is 5.10 Å². The summed E-state index contributed by atoms with van der Waals surface area (Å²) >= 11 is 0. The van der Waals surface area contributed by atoms with Crippen LogP contribution in [-0.2, 0) is 11.3 Å². The molecule has 3 aromatic carbocycles. The summed E-state index contributed by atoms with van der Waals surface area (Å²) in [6.07, 6.45) is 2.82. The molecule has 1 fully saturated rings. The predicted octanol–water partition coefficient (Wildman–Crippen LogP) is 4.83. The Hall–Kier alpha value is -3.40. The Morgan fingerprint density at radius 1 is 0.964 bits per heavy atom. The summed E-state index contributed by atoms with van der Waals surface area (Å²) in [6, 6.07) is 26.8. The highest BCUT2D eigenvalue weighted by Gasteiger charge is 2.43. The van der Waals surface area contributed by atoms with Crippen LogP contribution in [0, 0.1) is 5.92 Å². The molecule has 4 heteroatoms. The van der Waals surface area contributed by atoms with Crippen molar-refractivity contribution in [3.8, 4) is 0 Å². The van der Waals surface area contributed by atoms with Gasteiger partial charge in [-0.3, -0.25) is 9.48 Å². The van der Waals surface area contributed by atoms with Crippen LogP contribution in [0.4, 0.5) is 5.82 Å². The minimum Gasteiger partial charge on any atom is -0.309 e. The number of nitrogens with one attached hydrogen (secondary N) is 1. The molecule has 2 unspecified atom stereocenters. The molecule has 4 aromatic rings. The second-order valence-corrected chi connectivity index (χ2v) is 7.39. The molecule has 138 valence electrons. The van der Waals surface area contributed by atoms with Gasteiger partial charge < -0.3 is 5.32 Å². The van der Waals surface area contributed by atoms with Gasteiger partial charge in [0.2, 0.25) is 5.91 Å². The van der Waals surface area contributed by atoms with E-state index in [-0.39, 0.29) is 11.8 Å². The lowest BCUT2D eigenvalue weighted by Crippen LogP contribution is -2.15. The minimum atomic E-state index is 0.0469. The van der Waals surface area contributed by atoms with Crippen molar-refractivity contribution in [2.24, 2.45) is 5.92 Å². The van der Waals surface area contributed by atoms with Gasteiger partial charge in [-0.05, 0) is 34.2 Å². The first-order valence-corrected chi connectivity index (χ1v) is 9.64. The SMILES string of the molecule is O=C(Nc1ccn(Cc2cccc3ccccc23)n1)C1CC1c1ccccc1. The van der Waals surface area contributed by atoms with Crippen LogP contribution in [0.5, 0.6) is 0 Å². The second-order valence-electron chi connectivity index (χ2n) is 7.39. The van der Waals surface area contributed by atoms with Crippen molar-refractivity contribution in [1.82, 2.24) is 9.78 Å². The quantitative estimate of drug-likeness (QED) is 0.549.